The normalized spacial score (nSPS) is 15.2. The summed E-state index contributed by atoms with van der Waals surface area (Å²) < 4.78 is 25.9. The van der Waals surface area contributed by atoms with E-state index in [-0.39, 0.29) is 49.7 Å². The van der Waals surface area contributed by atoms with E-state index in [0.29, 0.717) is 17.7 Å². The Morgan fingerprint density at radius 1 is 0.870 bits per heavy atom. The number of benzene rings is 3. The lowest BCUT2D eigenvalue weighted by Crippen LogP contribution is -2.67. The molecule has 2 heterocycles. The fraction of sp³-hybridized carbons (Fsp3) is 0.429. The number of ether oxygens (including phenoxy) is 3. The van der Waals surface area contributed by atoms with E-state index < -0.39 is 38.1 Å². The van der Waals surface area contributed by atoms with Crippen LogP contribution in [0.2, 0.25) is 5.04 Å². The number of carbonyl (C=O) groups excluding carboxylic acids is 3. The molecule has 288 valence electrons. The number of fused-ring (bicyclic) bond motifs is 1. The van der Waals surface area contributed by atoms with Crippen LogP contribution in [-0.4, -0.2) is 72.6 Å². The van der Waals surface area contributed by atoms with Crippen molar-refractivity contribution in [2.24, 2.45) is 0 Å². The fourth-order valence-corrected chi connectivity index (χ4v) is 11.6. The Hall–Kier alpha value is -4.94. The van der Waals surface area contributed by atoms with Gasteiger partial charge in [-0.2, -0.15) is 5.10 Å². The second-order valence-electron chi connectivity index (χ2n) is 15.7. The number of nitrogens with one attached hydrogen (secondary N) is 1. The highest BCUT2D eigenvalue weighted by Gasteiger charge is 2.51. The third-order valence-electron chi connectivity index (χ3n) is 9.49. The molecule has 0 saturated carbocycles. The van der Waals surface area contributed by atoms with Crippen molar-refractivity contribution >= 4 is 36.8 Å². The molecule has 0 spiro atoms. The molecule has 1 aliphatic heterocycles. The highest BCUT2D eigenvalue weighted by Crippen LogP contribution is 2.38. The van der Waals surface area contributed by atoms with Gasteiger partial charge in [-0.05, 0) is 55.6 Å². The van der Waals surface area contributed by atoms with Crippen LogP contribution in [0.25, 0.3) is 0 Å². The van der Waals surface area contributed by atoms with Crippen LogP contribution in [0.15, 0.2) is 91.0 Å². The fourth-order valence-electron chi connectivity index (χ4n) is 6.98. The molecule has 4 aromatic rings. The third-order valence-corrected chi connectivity index (χ3v) is 14.5. The summed E-state index contributed by atoms with van der Waals surface area (Å²) in [5.74, 6) is -0.577. The number of aromatic nitrogens is 2. The highest BCUT2D eigenvalue weighted by molar-refractivity contribution is 6.99. The summed E-state index contributed by atoms with van der Waals surface area (Å²) in [5.41, 5.74) is 1.62. The minimum Gasteiger partial charge on any atom is -0.461 e. The number of hydrogen-bond donors (Lipinski definition) is 1. The van der Waals surface area contributed by atoms with Gasteiger partial charge in [0.25, 0.3) is 8.32 Å². The Morgan fingerprint density at radius 2 is 1.44 bits per heavy atom. The third kappa shape index (κ3) is 9.22. The predicted molar refractivity (Wildman–Crippen MR) is 210 cm³/mol. The van der Waals surface area contributed by atoms with Gasteiger partial charge in [0.1, 0.15) is 12.2 Å². The first-order valence-electron chi connectivity index (χ1n) is 18.6. The number of carbonyl (C=O) groups is 3. The molecule has 1 N–H and O–H groups in total. The molecule has 2 atom stereocenters. The highest BCUT2D eigenvalue weighted by atomic mass is 28.4. The van der Waals surface area contributed by atoms with Gasteiger partial charge in [-0.15, -0.1) is 0 Å². The molecule has 2 amide bonds. The molecule has 1 aromatic heterocycles. The smallest absolute Gasteiger partial charge is 0.410 e. The molecule has 0 saturated heterocycles. The van der Waals surface area contributed by atoms with Crippen molar-refractivity contribution in [3.63, 3.8) is 0 Å². The summed E-state index contributed by atoms with van der Waals surface area (Å²) in [6.45, 7) is 16.2. The maximum absolute atomic E-state index is 13.9. The summed E-state index contributed by atoms with van der Waals surface area (Å²) in [5, 5.41) is 9.80. The lowest BCUT2D eigenvalue weighted by Gasteiger charge is -2.43. The largest absolute Gasteiger partial charge is 0.461 e. The number of esters is 1. The molecule has 54 heavy (non-hydrogen) atoms. The van der Waals surface area contributed by atoms with E-state index in [2.05, 4.69) is 50.4 Å². The lowest BCUT2D eigenvalue weighted by atomic mass is 10.00. The van der Waals surface area contributed by atoms with Gasteiger partial charge in [0.15, 0.2) is 5.69 Å². The number of nitrogens with zero attached hydrogens (tertiary/aromatic N) is 3. The molecule has 0 radical (unpaired) electrons. The lowest BCUT2D eigenvalue weighted by molar-refractivity contribution is 0.0134. The molecular weight excluding hydrogens is 701 g/mol. The van der Waals surface area contributed by atoms with Crippen molar-refractivity contribution in [3.05, 3.63) is 114 Å². The van der Waals surface area contributed by atoms with Crippen molar-refractivity contribution < 1.29 is 33.0 Å². The van der Waals surface area contributed by atoms with Crippen LogP contribution in [0.1, 0.15) is 88.7 Å². The average molecular weight is 755 g/mol. The number of hydrogen-bond acceptors (Lipinski definition) is 8. The molecule has 0 unspecified atom stereocenters. The first-order valence-corrected chi connectivity index (χ1v) is 20.5. The molecule has 1 aliphatic rings. The van der Waals surface area contributed by atoms with Crippen LogP contribution in [-0.2, 0) is 38.2 Å². The van der Waals surface area contributed by atoms with Gasteiger partial charge in [0.2, 0.25) is 0 Å². The Morgan fingerprint density at radius 3 is 1.98 bits per heavy atom. The standard InChI is InChI=1S/C42H54N4O7Si/c1-9-50-38(47)37-35-27-45(40(49)53-41(3,4)5)30(2)25-36(35)44-46(37)32(26-43-39(48)51-28-31-19-13-10-14-20-31)29-52-54(42(6,7)8,33-21-15-11-16-22-33)34-23-17-12-18-24-34/h10-24,30,32H,9,25-29H2,1-8H3,(H,43,48)/t30-,32-/m1/s1. The average Bonchev–Trinajstić information content (AvgIpc) is 3.50. The van der Waals surface area contributed by atoms with E-state index in [9.17, 15) is 14.4 Å². The zero-order valence-corrected chi connectivity index (χ0v) is 33.8. The number of amides is 2. The van der Waals surface area contributed by atoms with Crippen molar-refractivity contribution in [2.45, 2.75) is 97.7 Å². The van der Waals surface area contributed by atoms with Crippen LogP contribution in [0.3, 0.4) is 0 Å². The van der Waals surface area contributed by atoms with Crippen molar-refractivity contribution in [1.82, 2.24) is 20.0 Å². The van der Waals surface area contributed by atoms with Gasteiger partial charge in [-0.3, -0.25) is 4.68 Å². The monoisotopic (exact) mass is 754 g/mol. The summed E-state index contributed by atoms with van der Waals surface area (Å²) in [4.78, 5) is 42.1. The minimum atomic E-state index is -3.06. The van der Waals surface area contributed by atoms with Crippen LogP contribution >= 0.6 is 0 Å². The second kappa shape index (κ2) is 17.0. The Labute approximate surface area is 320 Å². The topological polar surface area (TPSA) is 121 Å². The first kappa shape index (κ1) is 40.2. The van der Waals surface area contributed by atoms with Crippen LogP contribution in [0.4, 0.5) is 9.59 Å². The summed E-state index contributed by atoms with van der Waals surface area (Å²) in [6.07, 6.45) is -0.700. The van der Waals surface area contributed by atoms with Gasteiger partial charge < -0.3 is 28.9 Å². The molecule has 11 nitrogen and oxygen atoms in total. The SMILES string of the molecule is CCOC(=O)c1c2c(nn1[C@H](CNC(=O)OCc1ccccc1)CO[Si](c1ccccc1)(c1ccccc1)C(C)(C)C)C[C@@H](C)N(C(=O)OC(C)(C)C)C2. The van der Waals surface area contributed by atoms with E-state index in [1.807, 2.05) is 94.4 Å². The van der Waals surface area contributed by atoms with E-state index in [1.54, 1.807) is 16.5 Å². The molecule has 0 bridgehead atoms. The summed E-state index contributed by atoms with van der Waals surface area (Å²) in [7, 11) is -3.06. The number of rotatable bonds is 12. The van der Waals surface area contributed by atoms with Crippen LogP contribution < -0.4 is 15.7 Å². The molecule has 5 rings (SSSR count). The Kier molecular flexibility index (Phi) is 12.7. The Balaban J connectivity index is 1.57. The summed E-state index contributed by atoms with van der Waals surface area (Å²) in [6, 6.07) is 29.0. The van der Waals surface area contributed by atoms with Crippen LogP contribution in [0, 0.1) is 0 Å². The van der Waals surface area contributed by atoms with Crippen molar-refractivity contribution in [1.29, 1.82) is 0 Å². The molecule has 0 aliphatic carbocycles. The van der Waals surface area contributed by atoms with Gasteiger partial charge >= 0.3 is 18.2 Å². The minimum absolute atomic E-state index is 0.0319. The first-order chi connectivity index (χ1) is 25.6. The molecule has 0 fully saturated rings. The second-order valence-corrected chi connectivity index (χ2v) is 20.0. The predicted octanol–water partition coefficient (Wildman–Crippen LogP) is 6.79. The maximum atomic E-state index is 13.9. The number of alkyl carbamates (subject to hydrolysis) is 1. The van der Waals surface area contributed by atoms with E-state index >= 15 is 0 Å². The quantitative estimate of drug-likeness (QED) is 0.0955. The maximum Gasteiger partial charge on any atom is 0.410 e. The van der Waals surface area contributed by atoms with E-state index in [0.717, 1.165) is 15.9 Å². The van der Waals surface area contributed by atoms with Gasteiger partial charge in [0, 0.05) is 24.6 Å². The van der Waals surface area contributed by atoms with Gasteiger partial charge in [0.05, 0.1) is 31.5 Å². The van der Waals surface area contributed by atoms with Crippen LogP contribution in [0.5, 0.6) is 0 Å². The van der Waals surface area contributed by atoms with Gasteiger partial charge in [-0.25, -0.2) is 14.4 Å². The molecular formula is C42H54N4O7Si. The van der Waals surface area contributed by atoms with E-state index in [4.69, 9.17) is 23.7 Å². The van der Waals surface area contributed by atoms with E-state index in [1.165, 1.54) is 0 Å². The van der Waals surface area contributed by atoms with Gasteiger partial charge in [-0.1, -0.05) is 112 Å². The summed E-state index contributed by atoms with van der Waals surface area (Å²) >= 11 is 0. The van der Waals surface area contributed by atoms with Crippen molar-refractivity contribution in [3.8, 4) is 0 Å². The van der Waals surface area contributed by atoms with Crippen molar-refractivity contribution in [2.75, 3.05) is 19.8 Å². The zero-order valence-electron chi connectivity index (χ0n) is 32.8. The Bertz CT molecular complexity index is 1830. The molecule has 3 aromatic carbocycles. The zero-order chi connectivity index (χ0) is 39.1. The molecule has 12 heteroatoms.